The molecule has 10 nitrogen and oxygen atoms in total. The minimum Gasteiger partial charge on any atom is -0.475 e. The van der Waals surface area contributed by atoms with E-state index in [1.54, 1.807) is 24.3 Å². The maximum Gasteiger partial charge on any atom is 0.490 e. The molecule has 3 aromatic rings. The van der Waals surface area contributed by atoms with E-state index in [-0.39, 0.29) is 23.6 Å². The molecule has 0 unspecified atom stereocenters. The number of rotatable bonds is 7. The molecule has 200 valence electrons. The summed E-state index contributed by atoms with van der Waals surface area (Å²) in [4.78, 5) is 21.5. The van der Waals surface area contributed by atoms with Crippen molar-refractivity contribution in [3.05, 3.63) is 76.2 Å². The number of hydrogen-bond acceptors (Lipinski definition) is 7. The van der Waals surface area contributed by atoms with Gasteiger partial charge in [0.15, 0.2) is 9.84 Å². The lowest BCUT2D eigenvalue weighted by Crippen LogP contribution is -2.27. The Morgan fingerprint density at radius 2 is 1.59 bits per heavy atom. The van der Waals surface area contributed by atoms with Crippen LogP contribution in [-0.2, 0) is 27.7 Å². The Hall–Kier alpha value is -3.92. The second-order valence-electron chi connectivity index (χ2n) is 7.44. The van der Waals surface area contributed by atoms with Gasteiger partial charge in [0.1, 0.15) is 0 Å². The summed E-state index contributed by atoms with van der Waals surface area (Å²) in [5.74, 6) is -2.76. The first-order valence-electron chi connectivity index (χ1n) is 10.1. The van der Waals surface area contributed by atoms with Gasteiger partial charge in [0, 0.05) is 18.4 Å². The third-order valence-corrected chi connectivity index (χ3v) is 5.80. The summed E-state index contributed by atoms with van der Waals surface area (Å²) < 4.78 is 82.3. The Morgan fingerprint density at radius 1 is 1.03 bits per heavy atom. The van der Waals surface area contributed by atoms with Crippen molar-refractivity contribution >= 4 is 15.8 Å². The highest BCUT2D eigenvalue weighted by atomic mass is 32.2. The first-order chi connectivity index (χ1) is 17.1. The average Bonchev–Trinajstić information content (AvgIpc) is 3.15. The normalized spacial score (nSPS) is 11.4. The molecule has 0 atom stereocenters. The predicted octanol–water partition coefficient (Wildman–Crippen LogP) is 2.30. The molecule has 0 fully saturated rings. The van der Waals surface area contributed by atoms with Crippen LogP contribution in [0.5, 0.6) is 0 Å². The lowest BCUT2D eigenvalue weighted by Gasteiger charge is -2.06. The molecular formula is C21H20F5N5O5S. The van der Waals surface area contributed by atoms with E-state index in [1.807, 2.05) is 12.1 Å². The van der Waals surface area contributed by atoms with Crippen molar-refractivity contribution in [1.82, 2.24) is 19.8 Å². The number of carbonyl (C=O) groups is 1. The molecule has 1 aromatic heterocycles. The number of halogens is 5. The van der Waals surface area contributed by atoms with Crippen LogP contribution in [0.2, 0.25) is 0 Å². The summed E-state index contributed by atoms with van der Waals surface area (Å²) in [6.07, 6.45) is -5.88. The summed E-state index contributed by atoms with van der Waals surface area (Å²) in [6, 6.07) is 13.7. The summed E-state index contributed by atoms with van der Waals surface area (Å²) in [5, 5.41) is 14.5. The van der Waals surface area contributed by atoms with E-state index in [9.17, 15) is 35.2 Å². The van der Waals surface area contributed by atoms with Gasteiger partial charge in [-0.2, -0.15) is 31.3 Å². The van der Waals surface area contributed by atoms with Gasteiger partial charge in [0.25, 0.3) is 6.08 Å². The molecule has 0 amide bonds. The Labute approximate surface area is 206 Å². The number of carboxylic acids is 1. The highest BCUT2D eigenvalue weighted by Gasteiger charge is 2.38. The van der Waals surface area contributed by atoms with Gasteiger partial charge in [-0.25, -0.2) is 18.0 Å². The van der Waals surface area contributed by atoms with Crippen molar-refractivity contribution in [2.24, 2.45) is 5.73 Å². The van der Waals surface area contributed by atoms with Crippen LogP contribution in [0.15, 0.2) is 69.9 Å². The van der Waals surface area contributed by atoms with Gasteiger partial charge in [-0.1, -0.05) is 30.3 Å². The van der Waals surface area contributed by atoms with Gasteiger partial charge < -0.3 is 10.8 Å². The fourth-order valence-corrected chi connectivity index (χ4v) is 3.43. The molecule has 0 aliphatic heterocycles. The number of nitrogens with zero attached hydrogens (tertiary/aromatic N) is 4. The number of aliphatic carboxylic acids is 1. The zero-order valence-electron chi connectivity index (χ0n) is 19.0. The minimum atomic E-state index is -5.08. The van der Waals surface area contributed by atoms with Gasteiger partial charge in [-0.3, -0.25) is 0 Å². The SMILES string of the molecule is CS(=O)(=O)c1ccc(-c2cccc(Cn3nnn(CC(CN)=C(F)F)c3=O)c2)cc1.O=C(O)C(F)(F)F. The number of aromatic nitrogens is 4. The maximum absolute atomic E-state index is 12.8. The lowest BCUT2D eigenvalue weighted by molar-refractivity contribution is -0.192. The molecular weight excluding hydrogens is 529 g/mol. The fourth-order valence-electron chi connectivity index (χ4n) is 2.80. The zero-order chi connectivity index (χ0) is 28.0. The number of hydrogen-bond donors (Lipinski definition) is 2. The number of sulfone groups is 1. The number of carboxylic acid groups (broad SMARTS) is 1. The van der Waals surface area contributed by atoms with Crippen molar-refractivity contribution < 1.29 is 40.3 Å². The van der Waals surface area contributed by atoms with Gasteiger partial charge in [-0.05, 0) is 45.3 Å². The molecule has 37 heavy (non-hydrogen) atoms. The summed E-state index contributed by atoms with van der Waals surface area (Å²) in [6.45, 7) is -0.722. The molecule has 0 aliphatic carbocycles. The minimum absolute atomic E-state index is 0.0911. The second-order valence-corrected chi connectivity index (χ2v) is 9.46. The molecule has 3 N–H and O–H groups in total. The maximum atomic E-state index is 12.8. The average molecular weight is 549 g/mol. The van der Waals surface area contributed by atoms with Gasteiger partial charge >= 0.3 is 17.8 Å². The number of tetrazole rings is 1. The molecule has 0 bridgehead atoms. The Balaban J connectivity index is 0.000000604. The third-order valence-electron chi connectivity index (χ3n) is 4.67. The predicted molar refractivity (Wildman–Crippen MR) is 120 cm³/mol. The highest BCUT2D eigenvalue weighted by molar-refractivity contribution is 7.90. The monoisotopic (exact) mass is 549 g/mol. The molecule has 16 heteroatoms. The van der Waals surface area contributed by atoms with E-state index in [0.717, 1.165) is 32.3 Å². The van der Waals surface area contributed by atoms with Gasteiger partial charge in [-0.15, -0.1) is 0 Å². The second kappa shape index (κ2) is 11.9. The van der Waals surface area contributed by atoms with Gasteiger partial charge in [0.05, 0.1) is 18.0 Å². The van der Waals surface area contributed by atoms with E-state index in [2.05, 4.69) is 10.4 Å². The molecule has 1 heterocycles. The van der Waals surface area contributed by atoms with Crippen LogP contribution in [0.25, 0.3) is 11.1 Å². The van der Waals surface area contributed by atoms with Crippen molar-refractivity contribution in [2.45, 2.75) is 24.2 Å². The van der Waals surface area contributed by atoms with Crippen LogP contribution in [-0.4, -0.2) is 58.3 Å². The first-order valence-corrected chi connectivity index (χ1v) is 12.0. The summed E-state index contributed by atoms with van der Waals surface area (Å²) >= 11 is 0. The van der Waals surface area contributed by atoms with Crippen LogP contribution in [0.1, 0.15) is 5.56 Å². The number of benzene rings is 2. The van der Waals surface area contributed by atoms with E-state index < -0.39 is 40.3 Å². The molecule has 0 saturated carbocycles. The van der Waals surface area contributed by atoms with E-state index >= 15 is 0 Å². The standard InChI is InChI=1S/C19H19F2N5O3S.C2HF3O2/c1-30(28,29)17-7-5-14(6-8-17)15-4-2-3-13(9-15)11-25-19(27)26(24-23-25)12-16(10-22)18(20)21;3-2(4,5)1(6)7/h2-9H,10-12,22H2,1H3;(H,6,7). The van der Waals surface area contributed by atoms with Crippen LogP contribution >= 0.6 is 0 Å². The van der Waals surface area contributed by atoms with Crippen molar-refractivity contribution in [1.29, 1.82) is 0 Å². The summed E-state index contributed by atoms with van der Waals surface area (Å²) in [5.41, 5.74) is 6.60. The highest BCUT2D eigenvalue weighted by Crippen LogP contribution is 2.22. The first kappa shape index (κ1) is 29.3. The Morgan fingerprint density at radius 3 is 2.08 bits per heavy atom. The van der Waals surface area contributed by atoms with Crippen molar-refractivity contribution in [3.8, 4) is 11.1 Å². The Bertz CT molecular complexity index is 1440. The number of nitrogens with two attached hydrogens (primary N) is 1. The van der Waals surface area contributed by atoms with Crippen molar-refractivity contribution in [3.63, 3.8) is 0 Å². The van der Waals surface area contributed by atoms with Crippen LogP contribution < -0.4 is 11.4 Å². The van der Waals surface area contributed by atoms with E-state index in [0.29, 0.717) is 0 Å². The van der Waals surface area contributed by atoms with E-state index in [4.69, 9.17) is 15.6 Å². The quantitative estimate of drug-likeness (QED) is 0.427. The molecule has 0 saturated heterocycles. The molecule has 0 aliphatic rings. The Kier molecular flexibility index (Phi) is 9.41. The smallest absolute Gasteiger partial charge is 0.475 e. The molecule has 2 aromatic carbocycles. The van der Waals surface area contributed by atoms with Crippen LogP contribution in [0.4, 0.5) is 22.0 Å². The zero-order valence-corrected chi connectivity index (χ0v) is 19.8. The summed E-state index contributed by atoms with van der Waals surface area (Å²) in [7, 11) is -3.28. The van der Waals surface area contributed by atoms with Crippen molar-refractivity contribution in [2.75, 3.05) is 12.8 Å². The number of alkyl halides is 3. The molecule has 0 radical (unpaired) electrons. The van der Waals surface area contributed by atoms with E-state index in [1.165, 1.54) is 12.1 Å². The fraction of sp³-hybridized carbons (Fsp3) is 0.238. The topological polar surface area (TPSA) is 150 Å². The van der Waals surface area contributed by atoms with Crippen LogP contribution in [0.3, 0.4) is 0 Å². The van der Waals surface area contributed by atoms with Gasteiger partial charge in [0.2, 0.25) is 0 Å². The molecule has 3 rings (SSSR count). The third kappa shape index (κ3) is 8.32. The molecule has 0 spiro atoms. The van der Waals surface area contributed by atoms with Crippen LogP contribution in [0, 0.1) is 0 Å². The lowest BCUT2D eigenvalue weighted by atomic mass is 10.0. The largest absolute Gasteiger partial charge is 0.490 e.